The van der Waals surface area contributed by atoms with Crippen molar-refractivity contribution in [2.45, 2.75) is 72.4 Å². The van der Waals surface area contributed by atoms with Crippen LogP contribution in [0.5, 0.6) is 0 Å². The molecule has 27 heavy (non-hydrogen) atoms. The van der Waals surface area contributed by atoms with Crippen LogP contribution in [0.2, 0.25) is 0 Å². The second-order valence-electron chi connectivity index (χ2n) is 8.56. The number of allylic oxidation sites excluding steroid dienone is 2. The van der Waals surface area contributed by atoms with Gasteiger partial charge in [-0.1, -0.05) is 13.8 Å². The van der Waals surface area contributed by atoms with Crippen LogP contribution in [0.3, 0.4) is 0 Å². The average molecular weight is 382 g/mol. The fraction of sp³-hybridized carbons (Fsp3) is 0.684. The molecule has 1 aliphatic rings. The first-order valence-corrected chi connectivity index (χ1v) is 8.91. The highest BCUT2D eigenvalue weighted by Gasteiger charge is 2.34. The van der Waals surface area contributed by atoms with E-state index in [0.29, 0.717) is 18.6 Å². The number of aliphatic hydroxyl groups is 1. The van der Waals surface area contributed by atoms with Crippen molar-refractivity contribution in [1.82, 2.24) is 5.32 Å². The van der Waals surface area contributed by atoms with Crippen LogP contribution in [0.25, 0.3) is 0 Å². The predicted molar refractivity (Wildman–Crippen MR) is 101 cm³/mol. The molecule has 1 rings (SSSR count). The van der Waals surface area contributed by atoms with Gasteiger partial charge in [-0.15, -0.1) is 0 Å². The summed E-state index contributed by atoms with van der Waals surface area (Å²) in [6.07, 6.45) is -0.0870. The van der Waals surface area contributed by atoms with Crippen molar-refractivity contribution in [2.24, 2.45) is 10.4 Å². The quantitative estimate of drug-likeness (QED) is 0.606. The molecule has 0 aliphatic heterocycles. The van der Waals surface area contributed by atoms with E-state index >= 15 is 0 Å². The average Bonchev–Trinajstić information content (AvgIpc) is 2.41. The molecule has 0 aromatic rings. The highest BCUT2D eigenvalue weighted by molar-refractivity contribution is 6.22. The SMILES string of the molecule is CC(=NCC[C@@H](NC(=O)OC(C)(C)C)C(=O)O)C1=C(O)CC(C)(C)CC1=O. The molecule has 0 unspecified atom stereocenters. The Morgan fingerprint density at radius 3 is 2.37 bits per heavy atom. The molecule has 0 fully saturated rings. The summed E-state index contributed by atoms with van der Waals surface area (Å²) in [5.74, 6) is -1.36. The molecule has 8 nitrogen and oxygen atoms in total. The summed E-state index contributed by atoms with van der Waals surface area (Å²) in [5, 5.41) is 21.7. The number of aliphatic imine (C=N–C) groups is 1. The highest BCUT2D eigenvalue weighted by atomic mass is 16.6. The van der Waals surface area contributed by atoms with Crippen molar-refractivity contribution < 1.29 is 29.3 Å². The Bertz CT molecular complexity index is 670. The topological polar surface area (TPSA) is 125 Å². The Kier molecular flexibility index (Phi) is 7.17. The maximum atomic E-state index is 12.3. The smallest absolute Gasteiger partial charge is 0.408 e. The molecular formula is C19H30N2O6. The number of hydrogen-bond acceptors (Lipinski definition) is 6. The Labute approximate surface area is 159 Å². The molecule has 1 amide bonds. The van der Waals surface area contributed by atoms with Crippen LogP contribution in [0, 0.1) is 5.41 Å². The minimum Gasteiger partial charge on any atom is -0.511 e. The van der Waals surface area contributed by atoms with Crippen molar-refractivity contribution in [3.63, 3.8) is 0 Å². The van der Waals surface area contributed by atoms with Crippen LogP contribution in [-0.2, 0) is 14.3 Å². The van der Waals surface area contributed by atoms with Crippen molar-refractivity contribution in [3.05, 3.63) is 11.3 Å². The number of Topliss-reactive ketones (excluding diaryl/α,β-unsaturated/α-hetero) is 1. The first-order chi connectivity index (χ1) is 12.2. The molecule has 0 aromatic heterocycles. The summed E-state index contributed by atoms with van der Waals surface area (Å²) in [4.78, 5) is 39.6. The van der Waals surface area contributed by atoms with E-state index in [1.807, 2.05) is 13.8 Å². The van der Waals surface area contributed by atoms with Crippen molar-refractivity contribution in [1.29, 1.82) is 0 Å². The summed E-state index contributed by atoms with van der Waals surface area (Å²) in [6.45, 7) is 10.5. The number of carboxylic acids is 1. The minimum atomic E-state index is -1.20. The maximum absolute atomic E-state index is 12.3. The van der Waals surface area contributed by atoms with E-state index < -0.39 is 23.7 Å². The second kappa shape index (κ2) is 8.54. The number of carbonyl (C=O) groups excluding carboxylic acids is 2. The zero-order chi connectivity index (χ0) is 21.0. The number of ether oxygens (including phenoxy) is 1. The van der Waals surface area contributed by atoms with Crippen LogP contribution in [-0.4, -0.2) is 52.0 Å². The third-order valence-corrected chi connectivity index (χ3v) is 3.97. The predicted octanol–water partition coefficient (Wildman–Crippen LogP) is 3.02. The molecule has 1 aliphatic carbocycles. The van der Waals surface area contributed by atoms with Gasteiger partial charge < -0.3 is 20.3 Å². The summed E-state index contributed by atoms with van der Waals surface area (Å²) in [5.41, 5.74) is -0.451. The second-order valence-corrected chi connectivity index (χ2v) is 8.56. The lowest BCUT2D eigenvalue weighted by molar-refractivity contribution is -0.139. The lowest BCUT2D eigenvalue weighted by Crippen LogP contribution is -2.43. The van der Waals surface area contributed by atoms with Gasteiger partial charge in [0.05, 0.1) is 5.57 Å². The van der Waals surface area contributed by atoms with Crippen LogP contribution in [0.1, 0.15) is 60.8 Å². The Hall–Kier alpha value is -2.38. The normalized spacial score (nSPS) is 18.9. The van der Waals surface area contributed by atoms with Gasteiger partial charge in [0.15, 0.2) is 5.78 Å². The van der Waals surface area contributed by atoms with Gasteiger partial charge in [0.1, 0.15) is 17.4 Å². The fourth-order valence-electron chi connectivity index (χ4n) is 2.85. The van der Waals surface area contributed by atoms with E-state index in [4.69, 9.17) is 4.74 Å². The molecule has 152 valence electrons. The van der Waals surface area contributed by atoms with Gasteiger partial charge in [0, 0.05) is 25.1 Å². The molecule has 0 radical (unpaired) electrons. The number of carboxylic acid groups (broad SMARTS) is 1. The Balaban J connectivity index is 2.75. The zero-order valence-electron chi connectivity index (χ0n) is 16.9. The number of rotatable bonds is 6. The minimum absolute atomic E-state index is 0.0131. The van der Waals surface area contributed by atoms with Crippen LogP contribution < -0.4 is 5.32 Å². The Morgan fingerprint density at radius 1 is 1.30 bits per heavy atom. The van der Waals surface area contributed by atoms with Crippen LogP contribution >= 0.6 is 0 Å². The van der Waals surface area contributed by atoms with E-state index in [-0.39, 0.29) is 35.5 Å². The summed E-state index contributed by atoms with van der Waals surface area (Å²) < 4.78 is 5.05. The number of carbonyl (C=O) groups is 3. The maximum Gasteiger partial charge on any atom is 0.408 e. The highest BCUT2D eigenvalue weighted by Crippen LogP contribution is 2.36. The molecule has 0 bridgehead atoms. The van der Waals surface area contributed by atoms with Gasteiger partial charge in [-0.3, -0.25) is 9.79 Å². The lowest BCUT2D eigenvalue weighted by Gasteiger charge is -2.29. The number of ketones is 1. The standard InChI is InChI=1S/C19H30N2O6/c1-11(15-13(22)9-19(5,6)10-14(15)23)20-8-7-12(16(24)25)21-17(26)27-18(2,3)4/h12,22H,7-10H2,1-6H3,(H,21,26)(H,24,25)/t12-/m1/s1. The van der Waals surface area contributed by atoms with E-state index in [1.54, 1.807) is 27.7 Å². The number of hydrogen-bond donors (Lipinski definition) is 3. The third kappa shape index (κ3) is 7.40. The number of nitrogens with one attached hydrogen (secondary N) is 1. The summed E-state index contributed by atoms with van der Waals surface area (Å²) in [6, 6.07) is -1.17. The van der Waals surface area contributed by atoms with Gasteiger partial charge in [0.25, 0.3) is 0 Å². The first-order valence-electron chi connectivity index (χ1n) is 8.91. The van der Waals surface area contributed by atoms with Gasteiger partial charge in [-0.25, -0.2) is 9.59 Å². The van der Waals surface area contributed by atoms with Crippen molar-refractivity contribution >= 4 is 23.6 Å². The monoisotopic (exact) mass is 382 g/mol. The fourth-order valence-corrected chi connectivity index (χ4v) is 2.85. The van der Waals surface area contributed by atoms with Crippen LogP contribution in [0.15, 0.2) is 16.3 Å². The van der Waals surface area contributed by atoms with Gasteiger partial charge in [0.2, 0.25) is 0 Å². The number of alkyl carbamates (subject to hydrolysis) is 1. The van der Waals surface area contributed by atoms with E-state index in [2.05, 4.69) is 10.3 Å². The molecule has 0 aromatic carbocycles. The number of nitrogens with zero attached hydrogens (tertiary/aromatic N) is 1. The first kappa shape index (κ1) is 22.7. The number of amides is 1. The molecule has 0 saturated heterocycles. The molecule has 0 spiro atoms. The van der Waals surface area contributed by atoms with Gasteiger partial charge in [-0.05, 0) is 39.5 Å². The molecule has 0 heterocycles. The molecular weight excluding hydrogens is 352 g/mol. The number of aliphatic carboxylic acids is 1. The Morgan fingerprint density at radius 2 is 1.89 bits per heavy atom. The molecule has 3 N–H and O–H groups in total. The largest absolute Gasteiger partial charge is 0.511 e. The summed E-state index contributed by atoms with van der Waals surface area (Å²) in [7, 11) is 0. The van der Waals surface area contributed by atoms with Gasteiger partial charge >= 0.3 is 12.1 Å². The van der Waals surface area contributed by atoms with E-state index in [9.17, 15) is 24.6 Å². The number of aliphatic hydroxyl groups excluding tert-OH is 1. The molecule has 1 atom stereocenters. The van der Waals surface area contributed by atoms with Gasteiger partial charge in [-0.2, -0.15) is 0 Å². The van der Waals surface area contributed by atoms with Crippen molar-refractivity contribution in [3.8, 4) is 0 Å². The zero-order valence-corrected chi connectivity index (χ0v) is 16.9. The summed E-state index contributed by atoms with van der Waals surface area (Å²) >= 11 is 0. The van der Waals surface area contributed by atoms with Crippen molar-refractivity contribution in [2.75, 3.05) is 6.54 Å². The van der Waals surface area contributed by atoms with Crippen LogP contribution in [0.4, 0.5) is 4.79 Å². The third-order valence-electron chi connectivity index (χ3n) is 3.97. The lowest BCUT2D eigenvalue weighted by atomic mass is 9.76. The van der Waals surface area contributed by atoms with E-state index in [1.165, 1.54) is 0 Å². The van der Waals surface area contributed by atoms with E-state index in [0.717, 1.165) is 0 Å². The molecule has 0 saturated carbocycles. The molecule has 8 heteroatoms.